The number of aryl methyl sites for hydroxylation is 1. The van der Waals surface area contributed by atoms with Crippen molar-refractivity contribution >= 4 is 10.8 Å². The molecule has 0 aliphatic carbocycles. The molecule has 5 heteroatoms. The zero-order chi connectivity index (χ0) is 7.56. The van der Waals surface area contributed by atoms with E-state index in [2.05, 4.69) is 15.2 Å². The van der Waals surface area contributed by atoms with Crippen molar-refractivity contribution in [2.24, 2.45) is 0 Å². The summed E-state index contributed by atoms with van der Waals surface area (Å²) < 4.78 is 10.8. The van der Waals surface area contributed by atoms with Crippen LogP contribution in [0, 0.1) is 6.92 Å². The molecule has 4 nitrogen and oxygen atoms in total. The van der Waals surface area contributed by atoms with Gasteiger partial charge in [-0.25, -0.2) is 4.98 Å². The molecular formula is C5H7N3OS. The zero-order valence-electron chi connectivity index (χ0n) is 5.74. The maximum Gasteiger partial charge on any atom is 0.170 e. The Morgan fingerprint density at radius 3 is 2.70 bits per heavy atom. The Kier molecular flexibility index (Phi) is 2.06. The molecule has 0 fully saturated rings. The third-order valence-corrected chi connectivity index (χ3v) is 1.96. The molecule has 0 saturated carbocycles. The zero-order valence-corrected chi connectivity index (χ0v) is 6.55. The summed E-state index contributed by atoms with van der Waals surface area (Å²) >= 11 is 0. The van der Waals surface area contributed by atoms with Gasteiger partial charge in [0.25, 0.3) is 0 Å². The molecule has 54 valence electrons. The lowest BCUT2D eigenvalue weighted by molar-refractivity contribution is 0.678. The smallest absolute Gasteiger partial charge is 0.170 e. The van der Waals surface area contributed by atoms with E-state index in [4.69, 9.17) is 0 Å². The first-order valence-electron chi connectivity index (χ1n) is 2.69. The quantitative estimate of drug-likeness (QED) is 0.572. The molecule has 0 aromatic carbocycles. The molecule has 1 atom stereocenters. The molecule has 0 bridgehead atoms. The Bertz CT molecular complexity index is 263. The molecule has 1 rings (SSSR count). The van der Waals surface area contributed by atoms with E-state index in [1.54, 1.807) is 13.2 Å². The normalized spacial score (nSPS) is 13.0. The van der Waals surface area contributed by atoms with E-state index < -0.39 is 10.8 Å². The molecule has 0 aliphatic rings. The van der Waals surface area contributed by atoms with Crippen LogP contribution in [0.25, 0.3) is 0 Å². The van der Waals surface area contributed by atoms with E-state index >= 15 is 0 Å². The van der Waals surface area contributed by atoms with Gasteiger partial charge < -0.3 is 0 Å². The fraction of sp³-hybridized carbons (Fsp3) is 0.400. The topological polar surface area (TPSA) is 55.7 Å². The second-order valence-corrected chi connectivity index (χ2v) is 3.10. The number of aromatic nitrogens is 3. The summed E-state index contributed by atoms with van der Waals surface area (Å²) in [5, 5.41) is 7.64. The Balaban J connectivity index is 3.15. The molecular weight excluding hydrogens is 150 g/mol. The molecule has 0 saturated heterocycles. The summed E-state index contributed by atoms with van der Waals surface area (Å²) in [4.78, 5) is 3.83. The van der Waals surface area contributed by atoms with Gasteiger partial charge in [-0.3, -0.25) is 4.21 Å². The highest BCUT2D eigenvalue weighted by Crippen LogP contribution is 2.00. The maximum atomic E-state index is 10.8. The minimum atomic E-state index is -1.08. The van der Waals surface area contributed by atoms with Gasteiger partial charge in [0.05, 0.1) is 16.5 Å². The van der Waals surface area contributed by atoms with Gasteiger partial charge in [-0.05, 0) is 6.92 Å². The van der Waals surface area contributed by atoms with Gasteiger partial charge in [0.2, 0.25) is 0 Å². The van der Waals surface area contributed by atoms with Crippen LogP contribution in [0.15, 0.2) is 11.4 Å². The monoisotopic (exact) mass is 157 g/mol. The van der Waals surface area contributed by atoms with Crippen LogP contribution in [0.4, 0.5) is 0 Å². The average molecular weight is 157 g/mol. The summed E-state index contributed by atoms with van der Waals surface area (Å²) in [5.74, 6) is 0. The Hall–Kier alpha value is -0.840. The van der Waals surface area contributed by atoms with Crippen LogP contribution >= 0.6 is 0 Å². The van der Waals surface area contributed by atoms with E-state index in [9.17, 15) is 4.21 Å². The van der Waals surface area contributed by atoms with Crippen molar-refractivity contribution in [1.82, 2.24) is 15.2 Å². The summed E-state index contributed by atoms with van der Waals surface area (Å²) in [6.07, 6.45) is 2.89. The lowest BCUT2D eigenvalue weighted by atomic mass is 10.5. The minimum Gasteiger partial charge on any atom is -0.253 e. The summed E-state index contributed by atoms with van der Waals surface area (Å²) in [6.45, 7) is 1.76. The van der Waals surface area contributed by atoms with Gasteiger partial charge in [-0.1, -0.05) is 0 Å². The number of rotatable bonds is 1. The van der Waals surface area contributed by atoms with E-state index in [0.29, 0.717) is 10.7 Å². The predicted octanol–water partition coefficient (Wildman–Crippen LogP) is -0.0826. The first-order valence-corrected chi connectivity index (χ1v) is 4.25. The van der Waals surface area contributed by atoms with Crippen LogP contribution in [0.1, 0.15) is 5.69 Å². The van der Waals surface area contributed by atoms with Crippen LogP contribution < -0.4 is 0 Å². The first-order chi connectivity index (χ1) is 4.72. The van der Waals surface area contributed by atoms with Gasteiger partial charge in [0, 0.05) is 6.26 Å². The predicted molar refractivity (Wildman–Crippen MR) is 36.9 cm³/mol. The SMILES string of the molecule is Cc1ncnnc1S(C)=O. The molecule has 1 aromatic rings. The van der Waals surface area contributed by atoms with Crippen molar-refractivity contribution in [1.29, 1.82) is 0 Å². The molecule has 0 radical (unpaired) electrons. The van der Waals surface area contributed by atoms with Crippen molar-refractivity contribution in [3.63, 3.8) is 0 Å². The second kappa shape index (κ2) is 2.83. The third kappa shape index (κ3) is 1.36. The molecule has 1 aromatic heterocycles. The molecule has 0 aliphatic heterocycles. The number of hydrogen-bond donors (Lipinski definition) is 0. The molecule has 10 heavy (non-hydrogen) atoms. The maximum absolute atomic E-state index is 10.8. The third-order valence-electron chi connectivity index (χ3n) is 1.03. The highest BCUT2D eigenvalue weighted by Gasteiger charge is 2.03. The first kappa shape index (κ1) is 7.27. The van der Waals surface area contributed by atoms with E-state index in [0.717, 1.165) is 0 Å². The van der Waals surface area contributed by atoms with Gasteiger partial charge in [0.1, 0.15) is 6.33 Å². The standard InChI is InChI=1S/C5H7N3OS/c1-4-5(10(2)9)8-7-3-6-4/h3H,1-2H3. The average Bonchev–Trinajstić information content (AvgIpc) is 1.88. The lowest BCUT2D eigenvalue weighted by Crippen LogP contribution is -1.99. The van der Waals surface area contributed by atoms with E-state index in [1.807, 2.05) is 0 Å². The highest BCUT2D eigenvalue weighted by atomic mass is 32.2. The fourth-order valence-electron chi connectivity index (χ4n) is 0.584. The van der Waals surface area contributed by atoms with Crippen LogP contribution in [0.5, 0.6) is 0 Å². The fourth-order valence-corrected chi connectivity index (χ4v) is 1.21. The minimum absolute atomic E-state index is 0.461. The second-order valence-electron chi connectivity index (χ2n) is 1.80. The molecule has 0 spiro atoms. The van der Waals surface area contributed by atoms with Crippen molar-refractivity contribution < 1.29 is 4.21 Å². The van der Waals surface area contributed by atoms with E-state index in [1.165, 1.54) is 6.33 Å². The number of hydrogen-bond acceptors (Lipinski definition) is 4. The Morgan fingerprint density at radius 2 is 2.30 bits per heavy atom. The van der Waals surface area contributed by atoms with Gasteiger partial charge >= 0.3 is 0 Å². The van der Waals surface area contributed by atoms with Gasteiger partial charge in [-0.15, -0.1) is 10.2 Å². The molecule has 1 heterocycles. The summed E-state index contributed by atoms with van der Waals surface area (Å²) in [5.41, 5.74) is 0.677. The van der Waals surface area contributed by atoms with Gasteiger partial charge in [-0.2, -0.15) is 0 Å². The molecule has 0 N–H and O–H groups in total. The van der Waals surface area contributed by atoms with E-state index in [-0.39, 0.29) is 0 Å². The van der Waals surface area contributed by atoms with Crippen LogP contribution in [-0.4, -0.2) is 25.6 Å². The van der Waals surface area contributed by atoms with Crippen LogP contribution in [-0.2, 0) is 10.8 Å². The van der Waals surface area contributed by atoms with Crippen molar-refractivity contribution in [3.05, 3.63) is 12.0 Å². The highest BCUT2D eigenvalue weighted by molar-refractivity contribution is 7.84. The Morgan fingerprint density at radius 1 is 1.60 bits per heavy atom. The van der Waals surface area contributed by atoms with Crippen LogP contribution in [0.2, 0.25) is 0 Å². The summed E-state index contributed by atoms with van der Waals surface area (Å²) in [6, 6.07) is 0. The Labute approximate surface area is 61.2 Å². The van der Waals surface area contributed by atoms with Gasteiger partial charge in [0.15, 0.2) is 5.03 Å². The number of nitrogens with zero attached hydrogens (tertiary/aromatic N) is 3. The summed E-state index contributed by atoms with van der Waals surface area (Å²) in [7, 11) is -1.08. The van der Waals surface area contributed by atoms with Crippen molar-refractivity contribution in [2.45, 2.75) is 11.9 Å². The lowest BCUT2D eigenvalue weighted by Gasteiger charge is -1.94. The largest absolute Gasteiger partial charge is 0.253 e. The molecule has 1 unspecified atom stereocenters. The van der Waals surface area contributed by atoms with Crippen LogP contribution in [0.3, 0.4) is 0 Å². The van der Waals surface area contributed by atoms with Crippen molar-refractivity contribution in [3.8, 4) is 0 Å². The molecule has 0 amide bonds. The van der Waals surface area contributed by atoms with Crippen molar-refractivity contribution in [2.75, 3.05) is 6.26 Å².